The minimum Gasteiger partial charge on any atom is -0.478 e. The first-order valence-corrected chi connectivity index (χ1v) is 5.96. The van der Waals surface area contributed by atoms with Crippen LogP contribution in [0.15, 0.2) is 54.7 Å². The van der Waals surface area contributed by atoms with Crippen LogP contribution < -0.4 is 4.74 Å². The van der Waals surface area contributed by atoms with Crippen molar-refractivity contribution in [2.75, 3.05) is 0 Å². The third-order valence-corrected chi connectivity index (χ3v) is 2.85. The summed E-state index contributed by atoms with van der Waals surface area (Å²) in [6.07, 6.45) is 1.47. The quantitative estimate of drug-likeness (QED) is 0.788. The Morgan fingerprint density at radius 3 is 2.60 bits per heavy atom. The lowest BCUT2D eigenvalue weighted by Gasteiger charge is -2.09. The number of nitrogens with zero attached hydrogens (tertiary/aromatic N) is 2. The Kier molecular flexibility index (Phi) is 3.01. The Morgan fingerprint density at radius 2 is 1.75 bits per heavy atom. The van der Waals surface area contributed by atoms with Gasteiger partial charge >= 0.3 is 5.97 Å². The highest BCUT2D eigenvalue weighted by atomic mass is 16.5. The van der Waals surface area contributed by atoms with Gasteiger partial charge in [-0.3, -0.25) is 0 Å². The number of carbonyl (C=O) groups is 1. The van der Waals surface area contributed by atoms with Gasteiger partial charge in [0.25, 0.3) is 0 Å². The summed E-state index contributed by atoms with van der Waals surface area (Å²) in [5, 5.41) is 17.8. The third kappa shape index (κ3) is 2.16. The maximum Gasteiger partial charge on any atom is 0.339 e. The fourth-order valence-corrected chi connectivity index (χ4v) is 1.91. The van der Waals surface area contributed by atoms with Crippen LogP contribution in [0.4, 0.5) is 0 Å². The van der Waals surface area contributed by atoms with Gasteiger partial charge in [0.2, 0.25) is 0 Å². The molecule has 0 aliphatic heterocycles. The van der Waals surface area contributed by atoms with E-state index in [1.165, 1.54) is 12.3 Å². The predicted octanol–water partition coefficient (Wildman–Crippen LogP) is 3.12. The van der Waals surface area contributed by atoms with Crippen LogP contribution in [-0.4, -0.2) is 21.3 Å². The minimum atomic E-state index is -1.04. The van der Waals surface area contributed by atoms with E-state index in [2.05, 4.69) is 10.2 Å². The van der Waals surface area contributed by atoms with Crippen LogP contribution in [0, 0.1) is 0 Å². The van der Waals surface area contributed by atoms with Gasteiger partial charge in [0.05, 0.1) is 11.7 Å². The average molecular weight is 266 g/mol. The van der Waals surface area contributed by atoms with Crippen molar-refractivity contribution in [3.8, 4) is 11.5 Å². The number of benzene rings is 2. The number of hydrogen-bond acceptors (Lipinski definition) is 4. The number of aromatic carboxylic acids is 1. The summed E-state index contributed by atoms with van der Waals surface area (Å²) in [7, 11) is 0. The van der Waals surface area contributed by atoms with E-state index >= 15 is 0 Å². The van der Waals surface area contributed by atoms with E-state index in [1.807, 2.05) is 24.3 Å². The van der Waals surface area contributed by atoms with E-state index in [0.717, 1.165) is 5.39 Å². The molecule has 0 saturated carbocycles. The van der Waals surface area contributed by atoms with Gasteiger partial charge in [-0.1, -0.05) is 24.3 Å². The summed E-state index contributed by atoms with van der Waals surface area (Å²) in [6.45, 7) is 0. The van der Waals surface area contributed by atoms with Crippen LogP contribution in [0.25, 0.3) is 10.9 Å². The highest BCUT2D eigenvalue weighted by Crippen LogP contribution is 2.29. The van der Waals surface area contributed by atoms with Crippen LogP contribution in [0.5, 0.6) is 11.5 Å². The van der Waals surface area contributed by atoms with Crippen LogP contribution in [0.3, 0.4) is 0 Å². The van der Waals surface area contributed by atoms with E-state index in [4.69, 9.17) is 9.84 Å². The molecule has 0 radical (unpaired) electrons. The number of aromatic nitrogens is 2. The molecule has 0 spiro atoms. The van der Waals surface area contributed by atoms with E-state index in [1.54, 1.807) is 18.2 Å². The smallest absolute Gasteiger partial charge is 0.339 e. The molecule has 1 aromatic heterocycles. The number of ether oxygens (including phenoxy) is 1. The Labute approximate surface area is 114 Å². The van der Waals surface area contributed by atoms with Gasteiger partial charge in [0, 0.05) is 5.39 Å². The molecule has 5 nitrogen and oxygen atoms in total. The van der Waals surface area contributed by atoms with Gasteiger partial charge in [-0.2, -0.15) is 10.2 Å². The molecule has 0 saturated heterocycles. The molecule has 98 valence electrons. The summed E-state index contributed by atoms with van der Waals surface area (Å²) >= 11 is 0. The Balaban J connectivity index is 2.08. The van der Waals surface area contributed by atoms with Gasteiger partial charge in [-0.25, -0.2) is 4.79 Å². The van der Waals surface area contributed by atoms with Crippen molar-refractivity contribution >= 4 is 16.9 Å². The summed E-state index contributed by atoms with van der Waals surface area (Å²) < 4.78 is 5.70. The standard InChI is InChI=1S/C15H10N2O3/c18-15(19)11-6-2-4-8-13(11)20-14-9-16-17-12-7-3-1-5-10(12)14/h1-9H,(H,18,19). The number of fused-ring (bicyclic) bond motifs is 1. The molecule has 0 unspecified atom stereocenters. The van der Waals surface area contributed by atoms with E-state index in [0.29, 0.717) is 11.3 Å². The second-order valence-electron chi connectivity index (χ2n) is 4.13. The lowest BCUT2D eigenvalue weighted by atomic mass is 10.2. The zero-order valence-corrected chi connectivity index (χ0v) is 10.4. The minimum absolute atomic E-state index is 0.105. The Hall–Kier alpha value is -2.95. The van der Waals surface area contributed by atoms with Crippen LogP contribution >= 0.6 is 0 Å². The fraction of sp³-hybridized carbons (Fsp3) is 0. The van der Waals surface area contributed by atoms with Crippen molar-refractivity contribution in [2.24, 2.45) is 0 Å². The SMILES string of the molecule is O=C(O)c1ccccc1Oc1cnnc2ccccc12. The number of hydrogen-bond donors (Lipinski definition) is 1. The summed E-state index contributed by atoms with van der Waals surface area (Å²) in [5.74, 6) is -0.283. The molecule has 2 aromatic carbocycles. The zero-order chi connectivity index (χ0) is 13.9. The number of carboxylic acid groups (broad SMARTS) is 1. The summed E-state index contributed by atoms with van der Waals surface area (Å²) in [5.41, 5.74) is 0.797. The average Bonchev–Trinajstić information content (AvgIpc) is 2.48. The van der Waals surface area contributed by atoms with Gasteiger partial charge in [0.1, 0.15) is 11.3 Å². The van der Waals surface area contributed by atoms with E-state index in [9.17, 15) is 4.79 Å². The van der Waals surface area contributed by atoms with Crippen LogP contribution in [0.2, 0.25) is 0 Å². The molecular formula is C15H10N2O3. The monoisotopic (exact) mass is 266 g/mol. The molecule has 5 heteroatoms. The second kappa shape index (κ2) is 4.97. The topological polar surface area (TPSA) is 72.3 Å². The molecule has 3 aromatic rings. The maximum atomic E-state index is 11.2. The molecule has 1 heterocycles. The van der Waals surface area contributed by atoms with Crippen molar-refractivity contribution in [1.82, 2.24) is 10.2 Å². The first kappa shape index (κ1) is 12.1. The van der Waals surface area contributed by atoms with Gasteiger partial charge in [-0.05, 0) is 24.3 Å². The molecule has 1 N–H and O–H groups in total. The van der Waals surface area contributed by atoms with Crippen LogP contribution in [0.1, 0.15) is 10.4 Å². The molecule has 0 atom stereocenters. The molecule has 0 amide bonds. The lowest BCUT2D eigenvalue weighted by Crippen LogP contribution is -2.00. The van der Waals surface area contributed by atoms with Gasteiger partial charge in [-0.15, -0.1) is 0 Å². The molecule has 0 bridgehead atoms. The van der Waals surface area contributed by atoms with E-state index in [-0.39, 0.29) is 11.3 Å². The molecule has 0 fully saturated rings. The highest BCUT2D eigenvalue weighted by molar-refractivity contribution is 5.91. The normalized spacial score (nSPS) is 10.4. The van der Waals surface area contributed by atoms with Crippen LogP contribution in [-0.2, 0) is 0 Å². The number of para-hydroxylation sites is 1. The third-order valence-electron chi connectivity index (χ3n) is 2.85. The highest BCUT2D eigenvalue weighted by Gasteiger charge is 2.12. The lowest BCUT2D eigenvalue weighted by molar-refractivity contribution is 0.0694. The Morgan fingerprint density at radius 1 is 1.00 bits per heavy atom. The largest absolute Gasteiger partial charge is 0.478 e. The van der Waals surface area contributed by atoms with E-state index < -0.39 is 5.97 Å². The van der Waals surface area contributed by atoms with Gasteiger partial charge < -0.3 is 9.84 Å². The summed E-state index contributed by atoms with van der Waals surface area (Å²) in [4.78, 5) is 11.2. The first-order chi connectivity index (χ1) is 9.75. The Bertz CT molecular complexity index is 781. The molecule has 0 aliphatic carbocycles. The molecular weight excluding hydrogens is 256 g/mol. The zero-order valence-electron chi connectivity index (χ0n) is 10.4. The first-order valence-electron chi connectivity index (χ1n) is 5.96. The van der Waals surface area contributed by atoms with Crippen molar-refractivity contribution in [3.63, 3.8) is 0 Å². The second-order valence-corrected chi connectivity index (χ2v) is 4.13. The molecule has 3 rings (SSSR count). The number of carboxylic acids is 1. The van der Waals surface area contributed by atoms with Crippen molar-refractivity contribution in [3.05, 3.63) is 60.3 Å². The van der Waals surface area contributed by atoms with Gasteiger partial charge in [0.15, 0.2) is 5.75 Å². The number of rotatable bonds is 3. The fourth-order valence-electron chi connectivity index (χ4n) is 1.91. The van der Waals surface area contributed by atoms with Crippen molar-refractivity contribution in [1.29, 1.82) is 0 Å². The van der Waals surface area contributed by atoms with Crippen molar-refractivity contribution < 1.29 is 14.6 Å². The molecule has 0 aliphatic rings. The maximum absolute atomic E-state index is 11.2. The van der Waals surface area contributed by atoms with Crippen molar-refractivity contribution in [2.45, 2.75) is 0 Å². The molecule has 20 heavy (non-hydrogen) atoms. The predicted molar refractivity (Wildman–Crippen MR) is 73.0 cm³/mol. The summed E-state index contributed by atoms with van der Waals surface area (Å²) in [6, 6.07) is 13.9.